The molecule has 1 aliphatic rings. The van der Waals surface area contributed by atoms with Crippen molar-refractivity contribution in [2.75, 3.05) is 41.6 Å². The zero-order valence-corrected chi connectivity index (χ0v) is 19.9. The minimum absolute atomic E-state index is 0.146. The Morgan fingerprint density at radius 3 is 2.23 bits per heavy atom. The molecule has 10 heteroatoms. The van der Waals surface area contributed by atoms with E-state index in [1.165, 1.54) is 33.5 Å². The number of ether oxygens (including phenoxy) is 4. The minimum atomic E-state index is -0.547. The Labute approximate surface area is 203 Å². The number of hydrogen-bond donors (Lipinski definition) is 2. The Morgan fingerprint density at radius 1 is 1.00 bits per heavy atom. The molecule has 0 aromatic heterocycles. The quantitative estimate of drug-likeness (QED) is 0.321. The highest BCUT2D eigenvalue weighted by molar-refractivity contribution is 6.20. The molecule has 0 unspecified atom stereocenters. The molecule has 2 N–H and O–H groups in total. The van der Waals surface area contributed by atoms with Gasteiger partial charge < -0.3 is 29.6 Å². The van der Waals surface area contributed by atoms with Gasteiger partial charge >= 0.3 is 0 Å². The first-order valence-corrected chi connectivity index (χ1v) is 10.7. The smallest absolute Gasteiger partial charge is 0.264 e. The maximum absolute atomic E-state index is 13.1. The zero-order valence-electron chi connectivity index (χ0n) is 19.9. The molecule has 1 aliphatic heterocycles. The number of nitriles is 1. The van der Waals surface area contributed by atoms with Gasteiger partial charge in [0.1, 0.15) is 17.5 Å². The molecule has 0 atom stereocenters. The minimum Gasteiger partial charge on any atom is -0.493 e. The van der Waals surface area contributed by atoms with Crippen LogP contribution in [0.15, 0.2) is 47.0 Å². The van der Waals surface area contributed by atoms with E-state index in [4.69, 9.17) is 18.9 Å². The van der Waals surface area contributed by atoms with Gasteiger partial charge in [-0.1, -0.05) is 24.3 Å². The summed E-state index contributed by atoms with van der Waals surface area (Å²) in [5.74, 6) is 0.187. The topological polar surface area (TPSA) is 131 Å². The molecule has 0 saturated heterocycles. The Morgan fingerprint density at radius 2 is 1.66 bits per heavy atom. The van der Waals surface area contributed by atoms with Crippen molar-refractivity contribution in [1.82, 2.24) is 10.6 Å². The molecule has 0 aliphatic carbocycles. The van der Waals surface area contributed by atoms with Gasteiger partial charge in [0.05, 0.1) is 27.0 Å². The Balaban J connectivity index is 1.95. The van der Waals surface area contributed by atoms with E-state index in [0.29, 0.717) is 47.9 Å². The molecule has 0 spiro atoms. The number of hydrogen-bond acceptors (Lipinski definition) is 8. The lowest BCUT2D eigenvalue weighted by Crippen LogP contribution is -2.30. The largest absolute Gasteiger partial charge is 0.493 e. The summed E-state index contributed by atoms with van der Waals surface area (Å²) < 4.78 is 20.9. The molecule has 2 aromatic carbocycles. The van der Waals surface area contributed by atoms with Gasteiger partial charge in [0.15, 0.2) is 11.5 Å². The lowest BCUT2D eigenvalue weighted by Gasteiger charge is -2.14. The first-order chi connectivity index (χ1) is 17.0. The summed E-state index contributed by atoms with van der Waals surface area (Å²) in [4.78, 5) is 30.2. The van der Waals surface area contributed by atoms with Crippen molar-refractivity contribution >= 4 is 23.3 Å². The van der Waals surface area contributed by atoms with E-state index >= 15 is 0 Å². The molecule has 0 radical (unpaired) electrons. The normalized spacial score (nSPS) is 13.2. The van der Waals surface area contributed by atoms with Crippen LogP contribution < -0.4 is 24.8 Å². The van der Waals surface area contributed by atoms with Crippen LogP contribution in [0.25, 0.3) is 5.70 Å². The molecule has 10 nitrogen and oxygen atoms in total. The Hall–Kier alpha value is -4.36. The number of carbonyl (C=O) groups is 2. The molecule has 2 aromatic rings. The van der Waals surface area contributed by atoms with Crippen LogP contribution in [0.5, 0.6) is 17.2 Å². The molecular formula is C25H26N4O6. The summed E-state index contributed by atoms with van der Waals surface area (Å²) in [6, 6.07) is 12.0. The van der Waals surface area contributed by atoms with Gasteiger partial charge in [-0.25, -0.2) is 4.99 Å². The number of nitrogens with one attached hydrogen (secondary N) is 2. The molecule has 2 amide bonds. The predicted molar refractivity (Wildman–Crippen MR) is 129 cm³/mol. The number of fused-ring (bicyclic) bond motifs is 1. The van der Waals surface area contributed by atoms with Gasteiger partial charge in [-0.05, 0) is 18.6 Å². The molecule has 3 rings (SSSR count). The van der Waals surface area contributed by atoms with Crippen LogP contribution in [0.2, 0.25) is 0 Å². The van der Waals surface area contributed by atoms with E-state index in [0.717, 1.165) is 0 Å². The Bertz CT molecular complexity index is 1200. The van der Waals surface area contributed by atoms with Crippen LogP contribution in [0, 0.1) is 11.3 Å². The summed E-state index contributed by atoms with van der Waals surface area (Å²) in [6.45, 7) is 0.831. The maximum Gasteiger partial charge on any atom is 0.264 e. The predicted octanol–water partition coefficient (Wildman–Crippen LogP) is 2.29. The zero-order chi connectivity index (χ0) is 25.4. The molecule has 0 saturated carbocycles. The van der Waals surface area contributed by atoms with E-state index < -0.39 is 11.8 Å². The molecule has 1 heterocycles. The van der Waals surface area contributed by atoms with Crippen molar-refractivity contribution in [2.24, 2.45) is 4.99 Å². The van der Waals surface area contributed by atoms with Gasteiger partial charge in [-0.3, -0.25) is 9.59 Å². The number of amidine groups is 1. The number of carbonyl (C=O) groups excluding carboxylic acids is 2. The molecule has 0 fully saturated rings. The number of methoxy groups -OCH3 is 4. The molecule has 0 bridgehead atoms. The summed E-state index contributed by atoms with van der Waals surface area (Å²) in [6.07, 6.45) is 0.603. The third kappa shape index (κ3) is 5.42. The second-order valence-corrected chi connectivity index (χ2v) is 7.31. The van der Waals surface area contributed by atoms with E-state index in [9.17, 15) is 14.9 Å². The second kappa shape index (κ2) is 11.7. The van der Waals surface area contributed by atoms with Crippen molar-refractivity contribution < 1.29 is 28.5 Å². The highest BCUT2D eigenvalue weighted by atomic mass is 16.5. The monoisotopic (exact) mass is 478 g/mol. The van der Waals surface area contributed by atoms with Gasteiger partial charge in [-0.15, -0.1) is 0 Å². The average molecular weight is 479 g/mol. The number of benzene rings is 2. The average Bonchev–Trinajstić information content (AvgIpc) is 3.23. The highest BCUT2D eigenvalue weighted by Gasteiger charge is 2.27. The lowest BCUT2D eigenvalue weighted by atomic mass is 10.0. The van der Waals surface area contributed by atoms with E-state index in [1.807, 2.05) is 6.07 Å². The molecule has 35 heavy (non-hydrogen) atoms. The summed E-state index contributed by atoms with van der Waals surface area (Å²) in [7, 11) is 5.95. The molecular weight excluding hydrogens is 452 g/mol. The van der Waals surface area contributed by atoms with Crippen LogP contribution in [-0.2, 0) is 9.53 Å². The van der Waals surface area contributed by atoms with Crippen molar-refractivity contribution in [1.29, 1.82) is 5.26 Å². The van der Waals surface area contributed by atoms with Crippen LogP contribution in [-0.4, -0.2) is 59.2 Å². The third-order valence-corrected chi connectivity index (χ3v) is 5.21. The van der Waals surface area contributed by atoms with Crippen molar-refractivity contribution in [3.05, 3.63) is 58.7 Å². The highest BCUT2D eigenvalue weighted by Crippen LogP contribution is 2.38. The van der Waals surface area contributed by atoms with Crippen molar-refractivity contribution in [3.8, 4) is 23.3 Å². The first-order valence-electron chi connectivity index (χ1n) is 10.7. The number of rotatable bonds is 9. The number of nitrogens with zero attached hydrogens (tertiary/aromatic N) is 2. The number of amides is 2. The first kappa shape index (κ1) is 25.3. The standard InChI is InChI=1S/C25H26N4O6/c1-32-11-7-10-27-25(31)18(14-26)21-16-8-5-6-9-17(16)23(28-21)29-24(30)15-12-19(33-2)22(35-4)20(13-15)34-3/h5-6,8-9,12-13H,7,10-11H2,1-4H3,(H,27,31)(H,28,29,30). The van der Waals surface area contributed by atoms with Crippen LogP contribution in [0.4, 0.5) is 0 Å². The van der Waals surface area contributed by atoms with E-state index in [-0.39, 0.29) is 22.7 Å². The summed E-state index contributed by atoms with van der Waals surface area (Å²) in [5.41, 5.74) is 1.44. The Kier molecular flexibility index (Phi) is 8.43. The second-order valence-electron chi connectivity index (χ2n) is 7.31. The van der Waals surface area contributed by atoms with Crippen LogP contribution >= 0.6 is 0 Å². The number of aliphatic imine (C=N–C) groups is 1. The van der Waals surface area contributed by atoms with Gasteiger partial charge in [0.25, 0.3) is 11.8 Å². The van der Waals surface area contributed by atoms with Gasteiger partial charge in [0, 0.05) is 37.0 Å². The van der Waals surface area contributed by atoms with Crippen molar-refractivity contribution in [3.63, 3.8) is 0 Å². The van der Waals surface area contributed by atoms with Crippen molar-refractivity contribution in [2.45, 2.75) is 6.42 Å². The molecule has 182 valence electrons. The maximum atomic E-state index is 13.1. The van der Waals surface area contributed by atoms with Crippen LogP contribution in [0.1, 0.15) is 27.9 Å². The van der Waals surface area contributed by atoms with E-state index in [2.05, 4.69) is 15.6 Å². The van der Waals surface area contributed by atoms with Crippen LogP contribution in [0.3, 0.4) is 0 Å². The third-order valence-electron chi connectivity index (χ3n) is 5.21. The lowest BCUT2D eigenvalue weighted by molar-refractivity contribution is -0.117. The van der Waals surface area contributed by atoms with E-state index in [1.54, 1.807) is 31.4 Å². The van der Waals surface area contributed by atoms with Gasteiger partial charge in [0.2, 0.25) is 5.75 Å². The SMILES string of the molecule is COCCCNC(=O)C(C#N)=C1N=C(NC(=O)c2cc(OC)c(OC)c(OC)c2)c2ccccc21. The fraction of sp³-hybridized carbons (Fsp3) is 0.280. The summed E-state index contributed by atoms with van der Waals surface area (Å²) in [5, 5.41) is 15.2. The fourth-order valence-corrected chi connectivity index (χ4v) is 3.52. The fourth-order valence-electron chi connectivity index (χ4n) is 3.52. The summed E-state index contributed by atoms with van der Waals surface area (Å²) >= 11 is 0. The van der Waals surface area contributed by atoms with Gasteiger partial charge in [-0.2, -0.15) is 5.26 Å².